The average Bonchev–Trinajstić information content (AvgIpc) is 2.79. The summed E-state index contributed by atoms with van der Waals surface area (Å²) in [5.74, 6) is -4.60. The fourth-order valence-electron chi connectivity index (χ4n) is 2.96. The predicted octanol–water partition coefficient (Wildman–Crippen LogP) is 0.329. The molecule has 0 aromatic carbocycles. The number of esters is 2. The van der Waals surface area contributed by atoms with Crippen LogP contribution in [0.4, 0.5) is 0 Å². The Morgan fingerprint density at radius 3 is 1.39 bits per heavy atom. The molecule has 0 radical (unpaired) electrons. The van der Waals surface area contributed by atoms with Gasteiger partial charge >= 0.3 is 59.4 Å². The molecular weight excluding hydrogens is 483 g/mol. The van der Waals surface area contributed by atoms with Crippen LogP contribution in [0.3, 0.4) is 0 Å². The first-order chi connectivity index (χ1) is 16.5. The molecule has 7 N–H and O–H groups in total. The van der Waals surface area contributed by atoms with Crippen LogP contribution in [0.25, 0.3) is 0 Å². The number of aliphatic carboxylic acids is 3. The van der Waals surface area contributed by atoms with Crippen LogP contribution in [0, 0.1) is 0 Å². The van der Waals surface area contributed by atoms with Crippen molar-refractivity contribution >= 4 is 29.8 Å². The van der Waals surface area contributed by atoms with E-state index in [1.165, 1.54) is 51.4 Å². The summed E-state index contributed by atoms with van der Waals surface area (Å²) >= 11 is 0. The molecule has 36 heavy (non-hydrogen) atoms. The molecule has 0 aliphatic rings. The quantitative estimate of drug-likeness (QED) is 0.0629. The van der Waals surface area contributed by atoms with Gasteiger partial charge in [-0.25, -0.2) is 0 Å². The zero-order chi connectivity index (χ0) is 27.1. The van der Waals surface area contributed by atoms with E-state index in [0.717, 1.165) is 19.3 Å². The smallest absolute Gasteiger partial charge is 1.00 e. The molecule has 0 spiro atoms. The van der Waals surface area contributed by atoms with Gasteiger partial charge in [-0.15, -0.1) is 0 Å². The van der Waals surface area contributed by atoms with Crippen molar-refractivity contribution in [1.29, 1.82) is 0 Å². The average molecular weight is 529 g/mol. The first kappa shape index (κ1) is 39.0. The van der Waals surface area contributed by atoms with Crippen LogP contribution in [0.5, 0.6) is 0 Å². The van der Waals surface area contributed by atoms with Gasteiger partial charge in [-0.3, -0.25) is 24.0 Å². The number of carboxylic acids is 3. The Labute approximate surface area is 237 Å². The van der Waals surface area contributed by atoms with Crippen molar-refractivity contribution in [3.8, 4) is 0 Å². The Hall–Kier alpha value is -1.53. The molecule has 12 heteroatoms. The Bertz CT molecular complexity index is 639. The summed E-state index contributed by atoms with van der Waals surface area (Å²) in [5.41, 5.74) is 10.3. The second-order valence-electron chi connectivity index (χ2n) is 8.49. The number of rotatable bonds is 20. The Morgan fingerprint density at radius 2 is 1.00 bits per heavy atom. The van der Waals surface area contributed by atoms with Crippen molar-refractivity contribution in [2.75, 3.05) is 0 Å². The number of hydrogen-bond acceptors (Lipinski definition) is 8. The van der Waals surface area contributed by atoms with Crippen LogP contribution in [-0.4, -0.2) is 57.2 Å². The summed E-state index contributed by atoms with van der Waals surface area (Å²) in [5, 5.41) is 24.9. The number of unbranched alkanes of at least 4 members (excludes halogenated alkanes) is 10. The molecule has 0 aromatic heterocycles. The van der Waals surface area contributed by atoms with Crippen LogP contribution in [0.1, 0.15) is 111 Å². The Balaban J connectivity index is -0.000000385. The SMILES string of the molecule is CCCCCCCCCCCCCC(=O)OC(=O)CC[C@H](N)C(=O)O.NC(CCC(=O)O)C(=O)O.[H-].[Na+]. The monoisotopic (exact) mass is 528 g/mol. The van der Waals surface area contributed by atoms with Crippen molar-refractivity contribution in [2.24, 2.45) is 11.5 Å². The van der Waals surface area contributed by atoms with E-state index in [1.807, 2.05) is 0 Å². The zero-order valence-electron chi connectivity index (χ0n) is 22.9. The topological polar surface area (TPSA) is 207 Å². The zero-order valence-corrected chi connectivity index (χ0v) is 23.9. The summed E-state index contributed by atoms with van der Waals surface area (Å²) in [7, 11) is 0. The minimum Gasteiger partial charge on any atom is -1.00 e. The molecule has 0 amide bonds. The fraction of sp³-hybridized carbons (Fsp3) is 0.792. The fourth-order valence-corrected chi connectivity index (χ4v) is 2.96. The third kappa shape index (κ3) is 28.7. The van der Waals surface area contributed by atoms with Gasteiger partial charge in [0.25, 0.3) is 0 Å². The summed E-state index contributed by atoms with van der Waals surface area (Å²) < 4.78 is 4.65. The molecule has 0 rings (SSSR count). The summed E-state index contributed by atoms with van der Waals surface area (Å²) in [6.07, 6.45) is 13.0. The van der Waals surface area contributed by atoms with Crippen molar-refractivity contribution in [3.63, 3.8) is 0 Å². The first-order valence-electron chi connectivity index (χ1n) is 12.4. The summed E-state index contributed by atoms with van der Waals surface area (Å²) in [4.78, 5) is 53.3. The molecule has 0 bridgehead atoms. The minimum absolute atomic E-state index is 0. The third-order valence-corrected chi connectivity index (χ3v) is 5.18. The van der Waals surface area contributed by atoms with Gasteiger partial charge in [-0.1, -0.05) is 71.1 Å². The van der Waals surface area contributed by atoms with Gasteiger partial charge < -0.3 is 33.0 Å². The van der Waals surface area contributed by atoms with Crippen molar-refractivity contribution in [2.45, 2.75) is 122 Å². The maximum absolute atomic E-state index is 11.5. The van der Waals surface area contributed by atoms with Crippen LogP contribution in [0.2, 0.25) is 0 Å². The van der Waals surface area contributed by atoms with Gasteiger partial charge in [-0.2, -0.15) is 0 Å². The predicted molar refractivity (Wildman–Crippen MR) is 131 cm³/mol. The van der Waals surface area contributed by atoms with E-state index in [-0.39, 0.29) is 63.1 Å². The van der Waals surface area contributed by atoms with Gasteiger partial charge in [0.05, 0.1) is 0 Å². The normalized spacial score (nSPS) is 11.8. The standard InChI is InChI=1S/C19H35NO5.C5H9NO4.Na.H/c1-2-3-4-5-6-7-8-9-10-11-12-13-17(21)25-18(22)15-14-16(20)19(23)24;6-3(5(9)10)1-2-4(7)8;;/h16H,2-15,20H2,1H3,(H,23,24);3H,1-2,6H2,(H,7,8)(H,9,10);;/q;;+1;-1/t16-;;;/m0.../s1. The number of hydrogen-bond donors (Lipinski definition) is 5. The van der Waals surface area contributed by atoms with Crippen LogP contribution < -0.4 is 41.0 Å². The molecule has 1 unspecified atom stereocenters. The summed E-state index contributed by atoms with van der Waals surface area (Å²) in [6, 6.07) is -2.16. The van der Waals surface area contributed by atoms with Gasteiger partial charge in [0.2, 0.25) is 0 Å². The van der Waals surface area contributed by atoms with E-state index >= 15 is 0 Å². The van der Waals surface area contributed by atoms with E-state index in [0.29, 0.717) is 0 Å². The van der Waals surface area contributed by atoms with Crippen molar-refractivity contribution in [1.82, 2.24) is 0 Å². The molecule has 0 saturated carbocycles. The van der Waals surface area contributed by atoms with Gasteiger partial charge in [-0.05, 0) is 19.3 Å². The number of nitrogens with two attached hydrogens (primary N) is 2. The molecule has 0 aliphatic heterocycles. The van der Waals surface area contributed by atoms with Gasteiger partial charge in [0.15, 0.2) is 0 Å². The molecule has 0 saturated heterocycles. The second kappa shape index (κ2) is 26.5. The van der Waals surface area contributed by atoms with Gasteiger partial charge in [0.1, 0.15) is 12.1 Å². The number of carbonyl (C=O) groups is 5. The molecule has 206 valence electrons. The number of carbonyl (C=O) groups excluding carboxylic acids is 2. The molecule has 0 aromatic rings. The molecule has 11 nitrogen and oxygen atoms in total. The van der Waals surface area contributed by atoms with Crippen LogP contribution >= 0.6 is 0 Å². The van der Waals surface area contributed by atoms with E-state index in [9.17, 15) is 24.0 Å². The third-order valence-electron chi connectivity index (χ3n) is 5.18. The molecule has 2 atom stereocenters. The Morgan fingerprint density at radius 1 is 0.639 bits per heavy atom. The summed E-state index contributed by atoms with van der Waals surface area (Å²) in [6.45, 7) is 2.22. The van der Waals surface area contributed by atoms with E-state index in [2.05, 4.69) is 11.7 Å². The van der Waals surface area contributed by atoms with Crippen molar-refractivity contribution < 1.29 is 75.0 Å². The van der Waals surface area contributed by atoms with Crippen molar-refractivity contribution in [3.05, 3.63) is 0 Å². The molecular formula is C24H45N2NaO9. The maximum atomic E-state index is 11.5. The van der Waals surface area contributed by atoms with E-state index in [4.69, 9.17) is 26.8 Å². The number of carboxylic acid groups (broad SMARTS) is 3. The molecule has 0 aliphatic carbocycles. The Kier molecular flexibility index (Phi) is 28.7. The van der Waals surface area contributed by atoms with Crippen LogP contribution in [-0.2, 0) is 28.7 Å². The molecule has 0 heterocycles. The van der Waals surface area contributed by atoms with E-state index < -0.39 is 41.9 Å². The van der Waals surface area contributed by atoms with Crippen LogP contribution in [0.15, 0.2) is 0 Å². The number of ether oxygens (including phenoxy) is 1. The maximum Gasteiger partial charge on any atom is 1.00 e. The largest absolute Gasteiger partial charge is 1.00 e. The van der Waals surface area contributed by atoms with E-state index in [1.54, 1.807) is 0 Å². The molecule has 0 fully saturated rings. The minimum atomic E-state index is -1.17. The first-order valence-corrected chi connectivity index (χ1v) is 12.4. The second-order valence-corrected chi connectivity index (χ2v) is 8.49. The van der Waals surface area contributed by atoms with Gasteiger partial charge in [0, 0.05) is 19.3 Å².